The van der Waals surface area contributed by atoms with Gasteiger partial charge in [0.1, 0.15) is 15.7 Å². The van der Waals surface area contributed by atoms with Crippen molar-refractivity contribution in [3.05, 3.63) is 76.8 Å². The second kappa shape index (κ2) is 8.43. The van der Waals surface area contributed by atoms with E-state index in [1.54, 1.807) is 13.0 Å². The van der Waals surface area contributed by atoms with Gasteiger partial charge in [0.2, 0.25) is 0 Å². The van der Waals surface area contributed by atoms with E-state index in [0.717, 1.165) is 11.1 Å². The average Bonchev–Trinajstić information content (AvgIpc) is 2.71. The van der Waals surface area contributed by atoms with Gasteiger partial charge in [-0.25, -0.2) is 8.42 Å². The summed E-state index contributed by atoms with van der Waals surface area (Å²) in [5.74, 6) is 0.318. The first-order valence-electron chi connectivity index (χ1n) is 8.61. The predicted molar refractivity (Wildman–Crippen MR) is 115 cm³/mol. The Labute approximate surface area is 175 Å². The van der Waals surface area contributed by atoms with Crippen molar-refractivity contribution >= 4 is 38.9 Å². The van der Waals surface area contributed by atoms with Crippen LogP contribution in [0.4, 0.5) is 5.69 Å². The third kappa shape index (κ3) is 3.70. The Bertz CT molecular complexity index is 1090. The Kier molecular flexibility index (Phi) is 6.18. The Hall–Kier alpha value is -2.21. The summed E-state index contributed by atoms with van der Waals surface area (Å²) < 4.78 is 33.4. The lowest BCUT2D eigenvalue weighted by Crippen LogP contribution is -2.31. The van der Waals surface area contributed by atoms with Crippen LogP contribution in [0, 0.1) is 0 Å². The molecule has 3 aromatic carbocycles. The summed E-state index contributed by atoms with van der Waals surface area (Å²) in [5, 5.41) is 0.00861. The molecule has 0 radical (unpaired) electrons. The number of nitrogens with zero attached hydrogens (tertiary/aromatic N) is 1. The third-order valence-electron chi connectivity index (χ3n) is 4.34. The third-order valence-corrected chi connectivity index (χ3v) is 7.25. The van der Waals surface area contributed by atoms with Crippen molar-refractivity contribution in [1.82, 2.24) is 0 Å². The molecule has 0 heterocycles. The predicted octanol–water partition coefficient (Wildman–Crippen LogP) is 5.88. The first-order chi connectivity index (χ1) is 13.4. The number of anilines is 1. The van der Waals surface area contributed by atoms with Crippen molar-refractivity contribution in [3.63, 3.8) is 0 Å². The van der Waals surface area contributed by atoms with Gasteiger partial charge in [0.25, 0.3) is 10.0 Å². The van der Waals surface area contributed by atoms with Crippen LogP contribution in [0.3, 0.4) is 0 Å². The van der Waals surface area contributed by atoms with Crippen LogP contribution in [0.15, 0.2) is 71.6 Å². The van der Waals surface area contributed by atoms with Crippen molar-refractivity contribution in [2.24, 2.45) is 0 Å². The molecule has 0 bridgehead atoms. The summed E-state index contributed by atoms with van der Waals surface area (Å²) in [7, 11) is -2.51. The van der Waals surface area contributed by atoms with Crippen molar-refractivity contribution in [1.29, 1.82) is 0 Å². The number of hydrogen-bond acceptors (Lipinski definition) is 3. The highest BCUT2D eigenvalue weighted by Gasteiger charge is 2.29. The Morgan fingerprint density at radius 3 is 2.18 bits per heavy atom. The van der Waals surface area contributed by atoms with Gasteiger partial charge in [0, 0.05) is 12.1 Å². The maximum absolute atomic E-state index is 13.5. The van der Waals surface area contributed by atoms with Gasteiger partial charge in [-0.1, -0.05) is 71.7 Å². The summed E-state index contributed by atoms with van der Waals surface area (Å²) in [6, 6.07) is 19.9. The monoisotopic (exact) mass is 435 g/mol. The topological polar surface area (TPSA) is 46.6 Å². The first kappa shape index (κ1) is 20.5. The van der Waals surface area contributed by atoms with E-state index in [2.05, 4.69) is 0 Å². The molecular formula is C21H19Cl2NO3S. The summed E-state index contributed by atoms with van der Waals surface area (Å²) in [6.45, 7) is 2.00. The van der Waals surface area contributed by atoms with Crippen LogP contribution < -0.4 is 9.04 Å². The van der Waals surface area contributed by atoms with Crippen LogP contribution in [-0.2, 0) is 10.0 Å². The molecule has 7 heteroatoms. The number of sulfonamides is 1. The highest BCUT2D eigenvalue weighted by Crippen LogP contribution is 2.40. The largest absolute Gasteiger partial charge is 0.495 e. The maximum atomic E-state index is 13.5. The molecule has 0 aliphatic carbocycles. The fourth-order valence-electron chi connectivity index (χ4n) is 3.01. The highest BCUT2D eigenvalue weighted by molar-refractivity contribution is 7.93. The summed E-state index contributed by atoms with van der Waals surface area (Å²) in [4.78, 5) is -0.0651. The summed E-state index contributed by atoms with van der Waals surface area (Å²) in [5.41, 5.74) is 2.30. The molecule has 3 rings (SSSR count). The molecule has 0 amide bonds. The molecule has 146 valence electrons. The standard InChI is InChI=1S/C21H19Cl2NO3S/c1-3-24(17-12-8-7-11-16(17)15-9-5-4-6-10-15)28(25,26)19-14-13-18(27-2)20(22)21(19)23/h4-14H,3H2,1-2H3. The molecule has 0 aliphatic rings. The van der Waals surface area contributed by atoms with Gasteiger partial charge in [-0.15, -0.1) is 0 Å². The van der Waals surface area contributed by atoms with E-state index < -0.39 is 10.0 Å². The van der Waals surface area contributed by atoms with Gasteiger partial charge in [-0.05, 0) is 30.7 Å². The van der Waals surface area contributed by atoms with E-state index in [0.29, 0.717) is 11.4 Å². The second-order valence-corrected chi connectivity index (χ2v) is 8.53. The zero-order valence-corrected chi connectivity index (χ0v) is 17.7. The van der Waals surface area contributed by atoms with Gasteiger partial charge in [-0.2, -0.15) is 0 Å². The molecule has 0 spiro atoms. The van der Waals surface area contributed by atoms with Crippen LogP contribution in [0.5, 0.6) is 5.75 Å². The number of ether oxygens (including phenoxy) is 1. The molecule has 0 fully saturated rings. The number of para-hydroxylation sites is 1. The lowest BCUT2D eigenvalue weighted by atomic mass is 10.0. The lowest BCUT2D eigenvalue weighted by Gasteiger charge is -2.26. The molecule has 28 heavy (non-hydrogen) atoms. The number of hydrogen-bond donors (Lipinski definition) is 0. The van der Waals surface area contributed by atoms with E-state index in [1.165, 1.54) is 23.5 Å². The van der Waals surface area contributed by atoms with Crippen LogP contribution in [0.1, 0.15) is 6.92 Å². The Balaban J connectivity index is 2.17. The minimum Gasteiger partial charge on any atom is -0.495 e. The SMILES string of the molecule is CCN(c1ccccc1-c1ccccc1)S(=O)(=O)c1ccc(OC)c(Cl)c1Cl. The van der Waals surface area contributed by atoms with E-state index in [9.17, 15) is 8.42 Å². The van der Waals surface area contributed by atoms with Gasteiger partial charge in [-0.3, -0.25) is 4.31 Å². The minimum absolute atomic E-state index is 0.0586. The zero-order chi connectivity index (χ0) is 20.3. The Morgan fingerprint density at radius 2 is 1.54 bits per heavy atom. The van der Waals surface area contributed by atoms with Crippen molar-refractivity contribution < 1.29 is 13.2 Å². The van der Waals surface area contributed by atoms with Gasteiger partial charge in [0.15, 0.2) is 0 Å². The van der Waals surface area contributed by atoms with Gasteiger partial charge in [0.05, 0.1) is 17.8 Å². The van der Waals surface area contributed by atoms with E-state index in [1.807, 2.05) is 48.5 Å². The fraction of sp³-hybridized carbons (Fsp3) is 0.143. The second-order valence-electron chi connectivity index (χ2n) is 5.95. The smallest absolute Gasteiger partial charge is 0.265 e. The fourth-order valence-corrected chi connectivity index (χ4v) is 5.32. The van der Waals surface area contributed by atoms with Crippen LogP contribution >= 0.6 is 23.2 Å². The van der Waals surface area contributed by atoms with Crippen molar-refractivity contribution in [2.45, 2.75) is 11.8 Å². The zero-order valence-electron chi connectivity index (χ0n) is 15.4. The molecule has 4 nitrogen and oxygen atoms in total. The molecule has 0 N–H and O–H groups in total. The molecular weight excluding hydrogens is 417 g/mol. The molecule has 3 aromatic rings. The number of halogens is 2. The van der Waals surface area contributed by atoms with E-state index >= 15 is 0 Å². The number of methoxy groups -OCH3 is 1. The van der Waals surface area contributed by atoms with Crippen LogP contribution in [0.2, 0.25) is 10.0 Å². The van der Waals surface area contributed by atoms with Crippen LogP contribution in [-0.4, -0.2) is 22.1 Å². The molecule has 0 unspecified atom stereocenters. The van der Waals surface area contributed by atoms with Crippen molar-refractivity contribution in [2.75, 3.05) is 18.0 Å². The maximum Gasteiger partial charge on any atom is 0.265 e. The first-order valence-corrected chi connectivity index (χ1v) is 10.8. The molecule has 0 atom stereocenters. The summed E-state index contributed by atoms with van der Waals surface area (Å²) in [6.07, 6.45) is 0. The lowest BCUT2D eigenvalue weighted by molar-refractivity contribution is 0.414. The van der Waals surface area contributed by atoms with Gasteiger partial charge >= 0.3 is 0 Å². The normalized spacial score (nSPS) is 11.3. The van der Waals surface area contributed by atoms with E-state index in [-0.39, 0.29) is 21.5 Å². The average molecular weight is 436 g/mol. The van der Waals surface area contributed by atoms with Crippen molar-refractivity contribution in [3.8, 4) is 16.9 Å². The van der Waals surface area contributed by atoms with Crippen LogP contribution in [0.25, 0.3) is 11.1 Å². The van der Waals surface area contributed by atoms with E-state index in [4.69, 9.17) is 27.9 Å². The molecule has 0 aromatic heterocycles. The quantitative estimate of drug-likeness (QED) is 0.485. The minimum atomic E-state index is -3.95. The Morgan fingerprint density at radius 1 is 0.893 bits per heavy atom. The van der Waals surface area contributed by atoms with Gasteiger partial charge < -0.3 is 4.74 Å². The highest BCUT2D eigenvalue weighted by atomic mass is 35.5. The molecule has 0 saturated heterocycles. The number of benzene rings is 3. The number of rotatable bonds is 6. The molecule has 0 aliphatic heterocycles. The molecule has 0 saturated carbocycles. The summed E-state index contributed by atoms with van der Waals surface area (Å²) >= 11 is 12.5.